The fraction of sp³-hybridized carbons (Fsp3) is 0.875. The first kappa shape index (κ1) is 9.07. The Hall–Kier alpha value is -0.0200. The number of ketones is 1. The van der Waals surface area contributed by atoms with E-state index in [1.54, 1.807) is 11.8 Å². The molecule has 0 bridgehead atoms. The molecule has 11 heavy (non-hydrogen) atoms. The fourth-order valence-electron chi connectivity index (χ4n) is 1.12. The number of thioether (sulfide) groups is 1. The molecule has 0 saturated carbocycles. The number of Topliss-reactive ketones (excluding diaryl/α,β-unsaturated/α-hetero) is 1. The standard InChI is InChI=1S/C8H15NOS/c1-6(2)8(10)7-5-9-3-4-11-7/h6-7,9H,3-5H2,1-2H3. The van der Waals surface area contributed by atoms with E-state index in [2.05, 4.69) is 5.32 Å². The first-order chi connectivity index (χ1) is 5.22. The Morgan fingerprint density at radius 3 is 2.82 bits per heavy atom. The number of nitrogens with one attached hydrogen (secondary N) is 1. The monoisotopic (exact) mass is 173 g/mol. The molecule has 0 aromatic rings. The van der Waals surface area contributed by atoms with Crippen molar-refractivity contribution in [2.24, 2.45) is 5.92 Å². The second-order valence-electron chi connectivity index (χ2n) is 3.12. The molecule has 64 valence electrons. The Bertz CT molecular complexity index is 141. The van der Waals surface area contributed by atoms with Crippen LogP contribution < -0.4 is 5.32 Å². The SMILES string of the molecule is CC(C)C(=O)C1CNCCS1. The predicted molar refractivity (Wildman–Crippen MR) is 49.0 cm³/mol. The van der Waals surface area contributed by atoms with E-state index in [0.717, 1.165) is 18.8 Å². The number of hydrogen-bond acceptors (Lipinski definition) is 3. The summed E-state index contributed by atoms with van der Waals surface area (Å²) >= 11 is 1.79. The van der Waals surface area contributed by atoms with Crippen molar-refractivity contribution in [1.82, 2.24) is 5.32 Å². The molecule has 1 saturated heterocycles. The average molecular weight is 173 g/mol. The fourth-order valence-corrected chi connectivity index (χ4v) is 2.34. The zero-order valence-corrected chi connectivity index (χ0v) is 7.91. The summed E-state index contributed by atoms with van der Waals surface area (Å²) in [4.78, 5) is 11.4. The second-order valence-corrected chi connectivity index (χ2v) is 4.43. The highest BCUT2D eigenvalue weighted by Crippen LogP contribution is 2.17. The van der Waals surface area contributed by atoms with Gasteiger partial charge in [0, 0.05) is 24.8 Å². The summed E-state index contributed by atoms with van der Waals surface area (Å²) in [5, 5.41) is 3.44. The minimum absolute atomic E-state index is 0.187. The maximum atomic E-state index is 11.4. The van der Waals surface area contributed by atoms with Crippen molar-refractivity contribution in [3.63, 3.8) is 0 Å². The minimum atomic E-state index is 0.187. The lowest BCUT2D eigenvalue weighted by molar-refractivity contribution is -0.121. The molecular formula is C8H15NOS. The second kappa shape index (κ2) is 4.12. The Kier molecular flexibility index (Phi) is 3.40. The van der Waals surface area contributed by atoms with Crippen LogP contribution in [0.15, 0.2) is 0 Å². The van der Waals surface area contributed by atoms with E-state index >= 15 is 0 Å². The highest BCUT2D eigenvalue weighted by atomic mass is 32.2. The zero-order valence-electron chi connectivity index (χ0n) is 7.09. The largest absolute Gasteiger partial charge is 0.314 e. The van der Waals surface area contributed by atoms with Crippen molar-refractivity contribution in [3.8, 4) is 0 Å². The van der Waals surface area contributed by atoms with Crippen molar-refractivity contribution in [2.45, 2.75) is 19.1 Å². The number of hydrogen-bond donors (Lipinski definition) is 1. The third kappa shape index (κ3) is 2.49. The van der Waals surface area contributed by atoms with E-state index in [4.69, 9.17) is 0 Å². The molecule has 1 unspecified atom stereocenters. The Morgan fingerprint density at radius 2 is 2.36 bits per heavy atom. The zero-order chi connectivity index (χ0) is 8.27. The van der Waals surface area contributed by atoms with Gasteiger partial charge in [0.2, 0.25) is 0 Å². The molecule has 1 aliphatic heterocycles. The smallest absolute Gasteiger partial charge is 0.149 e. The molecule has 0 aromatic heterocycles. The summed E-state index contributed by atoms with van der Waals surface area (Å²) in [6, 6.07) is 0. The molecule has 1 N–H and O–H groups in total. The van der Waals surface area contributed by atoms with E-state index in [1.807, 2.05) is 13.8 Å². The van der Waals surface area contributed by atoms with Gasteiger partial charge in [-0.1, -0.05) is 13.8 Å². The van der Waals surface area contributed by atoms with Crippen LogP contribution in [-0.4, -0.2) is 29.9 Å². The minimum Gasteiger partial charge on any atom is -0.314 e. The summed E-state index contributed by atoms with van der Waals surface area (Å²) in [7, 11) is 0. The van der Waals surface area contributed by atoms with Gasteiger partial charge in [0.05, 0.1) is 5.25 Å². The van der Waals surface area contributed by atoms with Gasteiger partial charge < -0.3 is 5.32 Å². The molecule has 2 nitrogen and oxygen atoms in total. The van der Waals surface area contributed by atoms with Crippen LogP contribution in [0.4, 0.5) is 0 Å². The van der Waals surface area contributed by atoms with Gasteiger partial charge in [-0.05, 0) is 0 Å². The topological polar surface area (TPSA) is 29.1 Å². The molecule has 0 aromatic carbocycles. The lowest BCUT2D eigenvalue weighted by Gasteiger charge is -2.22. The average Bonchev–Trinajstić information content (AvgIpc) is 2.05. The first-order valence-corrected chi connectivity index (χ1v) is 5.12. The molecule has 0 amide bonds. The lowest BCUT2D eigenvalue weighted by Crippen LogP contribution is -2.39. The van der Waals surface area contributed by atoms with Crippen LogP contribution in [0.5, 0.6) is 0 Å². The Balaban J connectivity index is 2.39. The van der Waals surface area contributed by atoms with Crippen LogP contribution in [0, 0.1) is 5.92 Å². The molecule has 1 atom stereocenters. The predicted octanol–water partition coefficient (Wildman–Crippen LogP) is 0.917. The summed E-state index contributed by atoms with van der Waals surface area (Å²) in [6.07, 6.45) is 0. The molecule has 0 spiro atoms. The van der Waals surface area contributed by atoms with Gasteiger partial charge in [-0.25, -0.2) is 0 Å². The quantitative estimate of drug-likeness (QED) is 0.673. The summed E-state index contributed by atoms with van der Waals surface area (Å²) in [5.41, 5.74) is 0. The highest BCUT2D eigenvalue weighted by Gasteiger charge is 2.23. The van der Waals surface area contributed by atoms with Gasteiger partial charge in [0.1, 0.15) is 5.78 Å². The molecule has 1 fully saturated rings. The first-order valence-electron chi connectivity index (χ1n) is 4.08. The van der Waals surface area contributed by atoms with Crippen LogP contribution in [0.2, 0.25) is 0 Å². The van der Waals surface area contributed by atoms with E-state index in [9.17, 15) is 4.79 Å². The highest BCUT2D eigenvalue weighted by molar-refractivity contribution is 8.00. The third-order valence-corrected chi connectivity index (χ3v) is 3.06. The van der Waals surface area contributed by atoms with E-state index in [0.29, 0.717) is 5.78 Å². The molecule has 0 radical (unpaired) electrons. The summed E-state index contributed by atoms with van der Waals surface area (Å²) in [5.74, 6) is 1.65. The third-order valence-electron chi connectivity index (χ3n) is 1.81. The molecule has 0 aliphatic carbocycles. The van der Waals surface area contributed by atoms with E-state index < -0.39 is 0 Å². The molecule has 1 rings (SSSR count). The van der Waals surface area contributed by atoms with Gasteiger partial charge in [-0.15, -0.1) is 11.8 Å². The van der Waals surface area contributed by atoms with Gasteiger partial charge in [-0.2, -0.15) is 0 Å². The lowest BCUT2D eigenvalue weighted by atomic mass is 10.1. The number of carbonyl (C=O) groups is 1. The van der Waals surface area contributed by atoms with Gasteiger partial charge in [-0.3, -0.25) is 4.79 Å². The Morgan fingerprint density at radius 1 is 1.64 bits per heavy atom. The van der Waals surface area contributed by atoms with Crippen LogP contribution in [0.1, 0.15) is 13.8 Å². The van der Waals surface area contributed by atoms with Gasteiger partial charge in [0.15, 0.2) is 0 Å². The molecule has 1 heterocycles. The molecule has 3 heteroatoms. The summed E-state index contributed by atoms with van der Waals surface area (Å²) in [6.45, 7) is 5.85. The maximum Gasteiger partial charge on any atom is 0.149 e. The summed E-state index contributed by atoms with van der Waals surface area (Å²) < 4.78 is 0. The van der Waals surface area contributed by atoms with E-state index in [-0.39, 0.29) is 11.2 Å². The van der Waals surface area contributed by atoms with Gasteiger partial charge in [0.25, 0.3) is 0 Å². The van der Waals surface area contributed by atoms with Crippen molar-refractivity contribution in [3.05, 3.63) is 0 Å². The van der Waals surface area contributed by atoms with E-state index in [1.165, 1.54) is 0 Å². The van der Waals surface area contributed by atoms with Gasteiger partial charge >= 0.3 is 0 Å². The maximum absolute atomic E-state index is 11.4. The molecular weight excluding hydrogens is 158 g/mol. The van der Waals surface area contributed by atoms with Crippen LogP contribution in [-0.2, 0) is 4.79 Å². The normalized spacial score (nSPS) is 25.5. The van der Waals surface area contributed by atoms with Crippen molar-refractivity contribution in [1.29, 1.82) is 0 Å². The number of rotatable bonds is 2. The Labute approximate surface area is 72.1 Å². The van der Waals surface area contributed by atoms with Crippen molar-refractivity contribution < 1.29 is 4.79 Å². The van der Waals surface area contributed by atoms with Crippen LogP contribution >= 0.6 is 11.8 Å². The van der Waals surface area contributed by atoms with Crippen molar-refractivity contribution in [2.75, 3.05) is 18.8 Å². The van der Waals surface area contributed by atoms with Crippen LogP contribution in [0.25, 0.3) is 0 Å². The number of carbonyl (C=O) groups excluding carboxylic acids is 1. The molecule has 1 aliphatic rings. The van der Waals surface area contributed by atoms with Crippen LogP contribution in [0.3, 0.4) is 0 Å². The van der Waals surface area contributed by atoms with Crippen molar-refractivity contribution >= 4 is 17.5 Å².